The van der Waals surface area contributed by atoms with Crippen molar-refractivity contribution < 1.29 is 29.3 Å². The van der Waals surface area contributed by atoms with E-state index in [1.165, 1.54) is 0 Å². The van der Waals surface area contributed by atoms with Gasteiger partial charge in [-0.2, -0.15) is 0 Å². The van der Waals surface area contributed by atoms with Gasteiger partial charge in [-0.25, -0.2) is 0 Å². The Morgan fingerprint density at radius 1 is 1.11 bits per heavy atom. The fourth-order valence-electron chi connectivity index (χ4n) is 5.52. The van der Waals surface area contributed by atoms with E-state index in [9.17, 15) is 19.8 Å². The van der Waals surface area contributed by atoms with Gasteiger partial charge in [0.1, 0.15) is 24.1 Å². The van der Waals surface area contributed by atoms with Crippen LogP contribution >= 0.6 is 22.6 Å². The zero-order chi connectivity index (χ0) is 25.5. The number of hydrogen-bond donors (Lipinski definition) is 3. The van der Waals surface area contributed by atoms with Gasteiger partial charge in [0.15, 0.2) is 0 Å². The summed E-state index contributed by atoms with van der Waals surface area (Å²) in [5.41, 5.74) is 0.452. The second kappa shape index (κ2) is 13.2. The van der Waals surface area contributed by atoms with Gasteiger partial charge in [0.05, 0.1) is 16.2 Å². The Morgan fingerprint density at radius 2 is 1.86 bits per heavy atom. The molecule has 1 aromatic carbocycles. The van der Waals surface area contributed by atoms with Crippen LogP contribution in [0.25, 0.3) is 0 Å². The lowest BCUT2D eigenvalue weighted by Crippen LogP contribution is -2.59. The Balaban J connectivity index is 1.67. The van der Waals surface area contributed by atoms with E-state index < -0.39 is 24.4 Å². The van der Waals surface area contributed by atoms with Gasteiger partial charge in [-0.1, -0.05) is 37.8 Å². The van der Waals surface area contributed by atoms with Crippen LogP contribution in [-0.2, 0) is 14.3 Å². The smallest absolute Gasteiger partial charge is 0.252 e. The second-order valence-corrected chi connectivity index (χ2v) is 11.0. The standard InChI is InChI=1S/C27H37IN2O6/c28-20-10-5-6-11-22(20)36-24-17-18(26(33)29-13-14-31)16-21(25(24)32)30(19-8-3-1-2-4-9-19)27(34)23-12-7-15-35-23/h5-6,10-11,17,19,21,23-25,31-32H,1-4,7-9,12-16H2,(H,29,33)/t21-,23?,24+,25+/m1/s1. The molecule has 0 bridgehead atoms. The molecule has 198 valence electrons. The van der Waals surface area contributed by atoms with Crippen molar-refractivity contribution >= 4 is 34.4 Å². The third kappa shape index (κ3) is 6.59. The van der Waals surface area contributed by atoms with E-state index >= 15 is 0 Å². The highest BCUT2D eigenvalue weighted by atomic mass is 127. The lowest BCUT2D eigenvalue weighted by Gasteiger charge is -2.45. The van der Waals surface area contributed by atoms with Crippen molar-refractivity contribution in [3.8, 4) is 5.75 Å². The van der Waals surface area contributed by atoms with E-state index in [-0.39, 0.29) is 37.4 Å². The molecule has 4 rings (SSSR count). The van der Waals surface area contributed by atoms with Crippen molar-refractivity contribution in [1.82, 2.24) is 10.2 Å². The molecule has 9 heteroatoms. The van der Waals surface area contributed by atoms with Crippen LogP contribution < -0.4 is 10.1 Å². The highest BCUT2D eigenvalue weighted by molar-refractivity contribution is 14.1. The quantitative estimate of drug-likeness (QED) is 0.308. The normalized spacial score (nSPS) is 27.1. The van der Waals surface area contributed by atoms with Crippen LogP contribution in [0.3, 0.4) is 0 Å². The third-order valence-electron chi connectivity index (χ3n) is 7.35. The molecule has 1 heterocycles. The van der Waals surface area contributed by atoms with Gasteiger partial charge in [-0.05, 0) is 66.5 Å². The molecular weight excluding hydrogens is 575 g/mol. The van der Waals surface area contributed by atoms with Crippen LogP contribution in [0, 0.1) is 3.57 Å². The average Bonchev–Trinajstić information content (AvgIpc) is 3.30. The summed E-state index contributed by atoms with van der Waals surface area (Å²) in [6, 6.07) is 6.89. The Hall–Kier alpha value is -1.69. The van der Waals surface area contributed by atoms with Gasteiger partial charge in [0, 0.05) is 31.2 Å². The van der Waals surface area contributed by atoms with Crippen molar-refractivity contribution in [3.63, 3.8) is 0 Å². The molecule has 0 aromatic heterocycles. The minimum atomic E-state index is -1.01. The summed E-state index contributed by atoms with van der Waals surface area (Å²) in [5.74, 6) is 0.205. The molecule has 8 nitrogen and oxygen atoms in total. The predicted octanol–water partition coefficient (Wildman–Crippen LogP) is 2.94. The van der Waals surface area contributed by atoms with E-state index in [1.807, 2.05) is 29.2 Å². The van der Waals surface area contributed by atoms with E-state index in [0.717, 1.165) is 48.5 Å². The first-order valence-corrected chi connectivity index (χ1v) is 14.2. The molecule has 36 heavy (non-hydrogen) atoms. The molecule has 2 amide bonds. The zero-order valence-corrected chi connectivity index (χ0v) is 22.8. The molecule has 1 aliphatic heterocycles. The maximum absolute atomic E-state index is 13.9. The monoisotopic (exact) mass is 612 g/mol. The van der Waals surface area contributed by atoms with Crippen molar-refractivity contribution in [1.29, 1.82) is 0 Å². The van der Waals surface area contributed by atoms with Crippen molar-refractivity contribution in [3.05, 3.63) is 39.5 Å². The lowest BCUT2D eigenvalue weighted by atomic mass is 9.86. The number of carbonyl (C=O) groups excluding carboxylic acids is 2. The summed E-state index contributed by atoms with van der Waals surface area (Å²) in [6.07, 6.45) is 7.17. The van der Waals surface area contributed by atoms with Crippen LogP contribution in [0.4, 0.5) is 0 Å². The SMILES string of the molecule is O=C(NCCO)C1=C[C@H](Oc2ccccc2I)[C@@H](O)[C@H](N(C(=O)C2CCCO2)C2CCCCCC2)C1. The fourth-order valence-corrected chi connectivity index (χ4v) is 6.04. The number of para-hydroxylation sites is 1. The highest BCUT2D eigenvalue weighted by Gasteiger charge is 2.45. The van der Waals surface area contributed by atoms with Gasteiger partial charge in [-0.15, -0.1) is 0 Å². The first-order chi connectivity index (χ1) is 17.5. The van der Waals surface area contributed by atoms with Gasteiger partial charge >= 0.3 is 0 Å². The number of halogens is 1. The molecule has 2 aliphatic carbocycles. The molecule has 1 saturated heterocycles. The number of benzene rings is 1. The molecule has 1 unspecified atom stereocenters. The van der Waals surface area contributed by atoms with E-state index in [1.54, 1.807) is 6.08 Å². The summed E-state index contributed by atoms with van der Waals surface area (Å²) in [4.78, 5) is 28.7. The molecule has 1 aromatic rings. The molecule has 1 saturated carbocycles. The van der Waals surface area contributed by atoms with E-state index in [0.29, 0.717) is 24.4 Å². The van der Waals surface area contributed by atoms with E-state index in [2.05, 4.69) is 27.9 Å². The first-order valence-electron chi connectivity index (χ1n) is 13.1. The maximum atomic E-state index is 13.9. The molecule has 3 N–H and O–H groups in total. The summed E-state index contributed by atoms with van der Waals surface area (Å²) in [7, 11) is 0. The Labute approximate surface area is 226 Å². The number of aliphatic hydroxyl groups excluding tert-OH is 2. The highest BCUT2D eigenvalue weighted by Crippen LogP contribution is 2.34. The largest absolute Gasteiger partial charge is 0.482 e. The topological polar surface area (TPSA) is 108 Å². The number of rotatable bonds is 8. The number of nitrogens with one attached hydrogen (secondary N) is 1. The molecular formula is C27H37IN2O6. The molecule has 0 spiro atoms. The van der Waals surface area contributed by atoms with Gasteiger partial charge in [0.25, 0.3) is 5.91 Å². The number of nitrogens with zero attached hydrogens (tertiary/aromatic N) is 1. The Bertz CT molecular complexity index is 927. The van der Waals surface area contributed by atoms with Crippen molar-refractivity contribution in [2.24, 2.45) is 0 Å². The summed E-state index contributed by atoms with van der Waals surface area (Å²) in [5, 5.41) is 23.6. The molecule has 0 radical (unpaired) electrons. The fraction of sp³-hybridized carbons (Fsp3) is 0.630. The van der Waals surface area contributed by atoms with Crippen molar-refractivity contribution in [2.45, 2.75) is 88.2 Å². The first kappa shape index (κ1) is 27.3. The number of carbonyl (C=O) groups is 2. The average molecular weight is 613 g/mol. The predicted molar refractivity (Wildman–Crippen MR) is 143 cm³/mol. The molecule has 2 fully saturated rings. The minimum Gasteiger partial charge on any atom is -0.482 e. The summed E-state index contributed by atoms with van der Waals surface area (Å²) < 4.78 is 12.9. The van der Waals surface area contributed by atoms with Gasteiger partial charge in [0.2, 0.25) is 5.91 Å². The summed E-state index contributed by atoms with van der Waals surface area (Å²) >= 11 is 2.18. The number of amides is 2. The third-order valence-corrected chi connectivity index (χ3v) is 8.24. The van der Waals surface area contributed by atoms with E-state index in [4.69, 9.17) is 9.47 Å². The van der Waals surface area contributed by atoms with Crippen LogP contribution in [0.1, 0.15) is 57.8 Å². The minimum absolute atomic E-state index is 0.0128. The number of hydrogen-bond acceptors (Lipinski definition) is 6. The van der Waals surface area contributed by atoms with Crippen molar-refractivity contribution in [2.75, 3.05) is 19.8 Å². The van der Waals surface area contributed by atoms with Gasteiger partial charge < -0.3 is 29.9 Å². The van der Waals surface area contributed by atoms with Crippen LogP contribution in [0.5, 0.6) is 5.75 Å². The molecule has 4 atom stereocenters. The van der Waals surface area contributed by atoms with Gasteiger partial charge in [-0.3, -0.25) is 9.59 Å². The Kier molecular flexibility index (Phi) is 10.0. The maximum Gasteiger partial charge on any atom is 0.252 e. The number of ether oxygens (including phenoxy) is 2. The second-order valence-electron chi connectivity index (χ2n) is 9.84. The summed E-state index contributed by atoms with van der Waals surface area (Å²) in [6.45, 7) is 0.528. The van der Waals surface area contributed by atoms with Crippen LogP contribution in [0.15, 0.2) is 35.9 Å². The zero-order valence-electron chi connectivity index (χ0n) is 20.6. The lowest BCUT2D eigenvalue weighted by molar-refractivity contribution is -0.152. The number of aliphatic hydroxyl groups is 2. The Morgan fingerprint density at radius 3 is 2.53 bits per heavy atom. The van der Waals surface area contributed by atoms with Crippen LogP contribution in [-0.4, -0.2) is 77.1 Å². The molecule has 3 aliphatic rings. The van der Waals surface area contributed by atoms with Crippen LogP contribution in [0.2, 0.25) is 0 Å².